The van der Waals surface area contributed by atoms with Gasteiger partial charge in [0.25, 0.3) is 0 Å². The molecule has 3 aromatic carbocycles. The zero-order valence-electron chi connectivity index (χ0n) is 29.0. The number of amides is 4. The minimum absolute atomic E-state index is 0.0628. The van der Waals surface area contributed by atoms with Crippen molar-refractivity contribution in [3.8, 4) is 0 Å². The second kappa shape index (κ2) is 12.0. The maximum atomic E-state index is 14.2. The van der Waals surface area contributed by atoms with Crippen molar-refractivity contribution in [1.29, 1.82) is 0 Å². The van der Waals surface area contributed by atoms with Crippen LogP contribution in [0.2, 0.25) is 0 Å². The highest BCUT2D eigenvalue weighted by molar-refractivity contribution is 6.25. The Balaban J connectivity index is 0.912. The summed E-state index contributed by atoms with van der Waals surface area (Å²) < 4.78 is 0. The van der Waals surface area contributed by atoms with E-state index >= 15 is 0 Å². The first-order valence-corrected chi connectivity index (χ1v) is 18.5. The monoisotopic (exact) mass is 674 g/mol. The Labute approximate surface area is 299 Å². The van der Waals surface area contributed by atoms with Crippen LogP contribution in [0.1, 0.15) is 53.5 Å². The number of nitrogens with zero attached hydrogens (tertiary/aromatic N) is 2. The summed E-state index contributed by atoms with van der Waals surface area (Å²) in [6.45, 7) is 9.55. The number of rotatable bonds is 10. The quantitative estimate of drug-likeness (QED) is 0.162. The largest absolute Gasteiger partial charge is 0.274 e. The number of hydrogen-bond donors (Lipinski definition) is 0. The van der Waals surface area contributed by atoms with E-state index < -0.39 is 0 Å². The van der Waals surface area contributed by atoms with Gasteiger partial charge in [-0.3, -0.25) is 19.2 Å². The van der Waals surface area contributed by atoms with Gasteiger partial charge in [0.15, 0.2) is 0 Å². The second-order valence-corrected chi connectivity index (χ2v) is 15.5. The number of carbonyl (C=O) groups is 4. The molecular formula is C45H42N2O4. The van der Waals surface area contributed by atoms with Crippen LogP contribution >= 0.6 is 0 Å². The summed E-state index contributed by atoms with van der Waals surface area (Å²) in [6, 6.07) is 22.1. The minimum atomic E-state index is -0.358. The van der Waals surface area contributed by atoms with Crippen LogP contribution in [0.4, 0.5) is 11.4 Å². The van der Waals surface area contributed by atoms with Crippen molar-refractivity contribution in [2.45, 2.75) is 45.4 Å². The van der Waals surface area contributed by atoms with Crippen LogP contribution in [0.25, 0.3) is 12.2 Å². The molecule has 0 spiro atoms. The predicted octanol–water partition coefficient (Wildman–Crippen LogP) is 7.91. The second-order valence-electron chi connectivity index (χ2n) is 15.5. The average molecular weight is 675 g/mol. The number of hydrogen-bond acceptors (Lipinski definition) is 4. The van der Waals surface area contributed by atoms with Gasteiger partial charge in [0, 0.05) is 0 Å². The minimum Gasteiger partial charge on any atom is -0.274 e. The van der Waals surface area contributed by atoms with E-state index in [1.807, 2.05) is 25.1 Å². The Morgan fingerprint density at radius 1 is 0.588 bits per heavy atom. The topological polar surface area (TPSA) is 74.8 Å². The third kappa shape index (κ3) is 4.90. The molecule has 4 fully saturated rings. The molecule has 6 heteroatoms. The molecule has 2 saturated heterocycles. The highest BCUT2D eigenvalue weighted by Crippen LogP contribution is 2.59. The molecule has 4 aliphatic carbocycles. The number of allylic oxidation sites excluding steroid dienone is 4. The number of fused-ring (bicyclic) bond motifs is 10. The lowest BCUT2D eigenvalue weighted by molar-refractivity contribution is -0.124. The maximum Gasteiger partial charge on any atom is 0.238 e. The lowest BCUT2D eigenvalue weighted by atomic mass is 9.79. The van der Waals surface area contributed by atoms with Gasteiger partial charge in [0.2, 0.25) is 23.6 Å². The molecule has 4 bridgehead atoms. The lowest BCUT2D eigenvalue weighted by Crippen LogP contribution is -2.35. The van der Waals surface area contributed by atoms with Crippen molar-refractivity contribution >= 4 is 47.2 Å². The zero-order valence-corrected chi connectivity index (χ0v) is 29.0. The van der Waals surface area contributed by atoms with Crippen LogP contribution in [-0.2, 0) is 32.0 Å². The molecular weight excluding hydrogens is 633 g/mol. The van der Waals surface area contributed by atoms with Gasteiger partial charge >= 0.3 is 0 Å². The standard InChI is InChI=1S/C45H42N2O4/c1-4-26-7-11-28(12-8-26)15-17-30-20-32-22-35(30)40-38(32)42(48)46(44(40)50)34-19-6-25(3)37(24-34)47-43(49)39-33-21-31(36(23-33)41(39)45(47)51)18-16-29-13-9-27(5-2)10-14-29/h4-14,19-21,24,32-33,35-36,38-41H,1-2,15-18,22-23H2,3H3. The fourth-order valence-corrected chi connectivity index (χ4v) is 10.5. The van der Waals surface area contributed by atoms with Gasteiger partial charge in [-0.25, -0.2) is 9.80 Å². The summed E-state index contributed by atoms with van der Waals surface area (Å²) in [6.07, 6.45) is 13.4. The lowest BCUT2D eigenvalue weighted by Gasteiger charge is -2.24. The normalized spacial score (nSPS) is 29.9. The van der Waals surface area contributed by atoms with E-state index in [0.29, 0.717) is 11.4 Å². The van der Waals surface area contributed by atoms with Gasteiger partial charge in [-0.1, -0.05) is 103 Å². The summed E-state index contributed by atoms with van der Waals surface area (Å²) in [5, 5.41) is 0. The zero-order chi connectivity index (χ0) is 35.1. The first-order valence-electron chi connectivity index (χ1n) is 18.5. The SMILES string of the molecule is C=Cc1ccc(CCC2=CC3CC2C2C(=O)N(c4ccc(C)c(N5C(=O)C6C7C=C(CCc8ccc(C=C)cc8)C(C7)C6C5=O)c4)C(=O)C32)cc1. The summed E-state index contributed by atoms with van der Waals surface area (Å²) in [5.74, 6) is -1.77. The first kappa shape index (κ1) is 31.9. The smallest absolute Gasteiger partial charge is 0.238 e. The van der Waals surface area contributed by atoms with Crippen molar-refractivity contribution in [2.24, 2.45) is 47.3 Å². The van der Waals surface area contributed by atoms with Gasteiger partial charge in [-0.2, -0.15) is 0 Å². The number of carbonyl (C=O) groups excluding carboxylic acids is 4. The Bertz CT molecular complexity index is 2090. The molecule has 0 N–H and O–H groups in total. The molecule has 8 atom stereocenters. The van der Waals surface area contributed by atoms with Gasteiger partial charge in [0.1, 0.15) is 0 Å². The van der Waals surface area contributed by atoms with E-state index in [1.54, 1.807) is 12.1 Å². The Hall–Kier alpha value is -5.10. The third-order valence-corrected chi connectivity index (χ3v) is 13.0. The summed E-state index contributed by atoms with van der Waals surface area (Å²) in [5.41, 5.74) is 8.95. The van der Waals surface area contributed by atoms with Crippen LogP contribution in [0, 0.1) is 54.3 Å². The number of aryl methyl sites for hydroxylation is 3. The van der Waals surface area contributed by atoms with Gasteiger partial charge in [-0.05, 0) is 109 Å². The predicted molar refractivity (Wildman–Crippen MR) is 199 cm³/mol. The van der Waals surface area contributed by atoms with Crippen molar-refractivity contribution in [1.82, 2.24) is 0 Å². The van der Waals surface area contributed by atoms with Gasteiger partial charge in [0.05, 0.1) is 35.0 Å². The number of anilines is 2. The Morgan fingerprint density at radius 2 is 1.04 bits per heavy atom. The van der Waals surface area contributed by atoms with Crippen molar-refractivity contribution < 1.29 is 19.2 Å². The fraction of sp³-hybridized carbons (Fsp3) is 0.333. The molecule has 0 aromatic heterocycles. The van der Waals surface area contributed by atoms with Crippen LogP contribution in [-0.4, -0.2) is 23.6 Å². The van der Waals surface area contributed by atoms with Crippen molar-refractivity contribution in [3.63, 3.8) is 0 Å². The molecule has 0 radical (unpaired) electrons. The molecule has 2 saturated carbocycles. The molecule has 9 rings (SSSR count). The highest BCUT2D eigenvalue weighted by atomic mass is 16.2. The van der Waals surface area contributed by atoms with Crippen LogP contribution in [0.15, 0.2) is 103 Å². The highest BCUT2D eigenvalue weighted by Gasteiger charge is 2.63. The number of imide groups is 2. The van der Waals surface area contributed by atoms with Gasteiger partial charge < -0.3 is 0 Å². The third-order valence-electron chi connectivity index (χ3n) is 13.0. The molecule has 6 nitrogen and oxygen atoms in total. The van der Waals surface area contributed by atoms with E-state index in [4.69, 9.17) is 0 Å². The molecule has 6 aliphatic rings. The molecule has 3 aromatic rings. The van der Waals surface area contributed by atoms with Crippen molar-refractivity contribution in [3.05, 3.63) is 131 Å². The molecule has 256 valence electrons. The molecule has 51 heavy (non-hydrogen) atoms. The summed E-state index contributed by atoms with van der Waals surface area (Å²) in [7, 11) is 0. The van der Waals surface area contributed by atoms with Gasteiger partial charge in [-0.15, -0.1) is 0 Å². The van der Waals surface area contributed by atoms with E-state index in [0.717, 1.165) is 55.2 Å². The van der Waals surface area contributed by atoms with Crippen LogP contribution in [0.3, 0.4) is 0 Å². The number of benzene rings is 3. The Morgan fingerprint density at radius 3 is 1.53 bits per heavy atom. The van der Waals surface area contributed by atoms with E-state index in [2.05, 4.69) is 73.8 Å². The first-order chi connectivity index (χ1) is 24.7. The molecule has 2 aliphatic heterocycles. The van der Waals surface area contributed by atoms with Crippen LogP contribution < -0.4 is 9.80 Å². The maximum absolute atomic E-state index is 14.2. The molecule has 8 unspecified atom stereocenters. The molecule has 2 heterocycles. The molecule has 4 amide bonds. The van der Waals surface area contributed by atoms with E-state index in [9.17, 15) is 19.2 Å². The average Bonchev–Trinajstić information content (AvgIpc) is 3.99. The van der Waals surface area contributed by atoms with Crippen LogP contribution in [0.5, 0.6) is 0 Å². The fourth-order valence-electron chi connectivity index (χ4n) is 10.5. The summed E-state index contributed by atoms with van der Waals surface area (Å²) >= 11 is 0. The Kier molecular flexibility index (Phi) is 7.50. The van der Waals surface area contributed by atoms with E-state index in [-0.39, 0.29) is 71.0 Å². The van der Waals surface area contributed by atoms with E-state index in [1.165, 1.54) is 32.1 Å². The van der Waals surface area contributed by atoms with Crippen molar-refractivity contribution in [2.75, 3.05) is 9.80 Å². The summed E-state index contributed by atoms with van der Waals surface area (Å²) in [4.78, 5) is 59.0.